The van der Waals surface area contributed by atoms with Crippen LogP contribution in [0, 0.1) is 0 Å². The summed E-state index contributed by atoms with van der Waals surface area (Å²) < 4.78 is 18.1. The second-order valence-corrected chi connectivity index (χ2v) is 7.11. The zero-order valence-corrected chi connectivity index (χ0v) is 17.6. The molecule has 1 aromatic heterocycles. The first-order valence-corrected chi connectivity index (χ1v) is 9.62. The molecule has 0 unspecified atom stereocenters. The fourth-order valence-corrected chi connectivity index (χ4v) is 3.59. The number of methoxy groups -OCH3 is 3. The molecule has 0 saturated carbocycles. The summed E-state index contributed by atoms with van der Waals surface area (Å²) in [6, 6.07) is 11.7. The Labute approximate surface area is 171 Å². The number of hydrogen-bond donors (Lipinski definition) is 1. The average Bonchev–Trinajstić information content (AvgIpc) is 3.06. The maximum Gasteiger partial charge on any atom is 0.251 e. The van der Waals surface area contributed by atoms with Crippen molar-refractivity contribution in [2.24, 2.45) is 7.05 Å². The van der Waals surface area contributed by atoms with Gasteiger partial charge in [-0.3, -0.25) is 4.79 Å². The van der Waals surface area contributed by atoms with Crippen molar-refractivity contribution in [3.05, 3.63) is 53.7 Å². The Bertz CT molecular complexity index is 984. The molecule has 1 atom stereocenters. The number of para-hydroxylation sites is 1. The summed E-state index contributed by atoms with van der Waals surface area (Å²) in [7, 11) is 6.66. The van der Waals surface area contributed by atoms with Gasteiger partial charge in [0.1, 0.15) is 0 Å². The molecule has 0 aliphatic carbocycles. The lowest BCUT2D eigenvalue weighted by atomic mass is 10.0. The Morgan fingerprint density at radius 2 is 1.72 bits per heavy atom. The predicted molar refractivity (Wildman–Crippen MR) is 114 cm³/mol. The third-order valence-electron chi connectivity index (χ3n) is 5.13. The highest BCUT2D eigenvalue weighted by atomic mass is 16.5. The number of aryl methyl sites for hydroxylation is 2. The maximum absolute atomic E-state index is 12.8. The minimum absolute atomic E-state index is 0.0144. The third kappa shape index (κ3) is 4.31. The molecule has 3 aromatic rings. The van der Waals surface area contributed by atoms with Gasteiger partial charge in [0.15, 0.2) is 11.5 Å². The smallest absolute Gasteiger partial charge is 0.251 e. The van der Waals surface area contributed by atoms with Gasteiger partial charge in [0.05, 0.1) is 21.3 Å². The summed E-state index contributed by atoms with van der Waals surface area (Å²) >= 11 is 0. The van der Waals surface area contributed by atoms with Gasteiger partial charge < -0.3 is 24.1 Å². The molecule has 0 radical (unpaired) electrons. The van der Waals surface area contributed by atoms with Crippen LogP contribution < -0.4 is 19.5 Å². The van der Waals surface area contributed by atoms with E-state index in [-0.39, 0.29) is 11.9 Å². The largest absolute Gasteiger partial charge is 0.493 e. The van der Waals surface area contributed by atoms with Crippen molar-refractivity contribution in [2.75, 3.05) is 21.3 Å². The first-order valence-electron chi connectivity index (χ1n) is 9.62. The minimum Gasteiger partial charge on any atom is -0.493 e. The van der Waals surface area contributed by atoms with E-state index < -0.39 is 0 Å². The van der Waals surface area contributed by atoms with Gasteiger partial charge in [-0.1, -0.05) is 18.2 Å². The van der Waals surface area contributed by atoms with Crippen LogP contribution in [-0.2, 0) is 13.5 Å². The molecular formula is C23H28N2O4. The molecule has 0 aliphatic heterocycles. The second kappa shape index (κ2) is 8.90. The Morgan fingerprint density at radius 3 is 2.34 bits per heavy atom. The van der Waals surface area contributed by atoms with Gasteiger partial charge in [-0.2, -0.15) is 0 Å². The summed E-state index contributed by atoms with van der Waals surface area (Å²) in [5, 5.41) is 4.33. The highest BCUT2D eigenvalue weighted by Crippen LogP contribution is 2.38. The average molecular weight is 396 g/mol. The Balaban J connectivity index is 1.69. The van der Waals surface area contributed by atoms with Crippen molar-refractivity contribution in [1.29, 1.82) is 0 Å². The topological polar surface area (TPSA) is 61.7 Å². The first-order chi connectivity index (χ1) is 14.0. The van der Waals surface area contributed by atoms with Crippen LogP contribution in [-0.4, -0.2) is 37.8 Å². The van der Waals surface area contributed by atoms with Gasteiger partial charge in [-0.05, 0) is 43.5 Å². The molecule has 0 spiro atoms. The number of hydrogen-bond acceptors (Lipinski definition) is 4. The van der Waals surface area contributed by atoms with E-state index in [4.69, 9.17) is 14.2 Å². The number of amides is 1. The molecule has 0 fully saturated rings. The molecule has 0 saturated heterocycles. The SMILES string of the molecule is COc1cc(C(=O)N[C@H](C)CCc2cn(C)c3ccccc23)cc(OC)c1OC. The van der Waals surface area contributed by atoms with E-state index in [1.54, 1.807) is 12.1 Å². The standard InChI is InChI=1S/C23H28N2O4/c1-15(10-11-16-14-25(2)19-9-7-6-8-18(16)19)24-23(26)17-12-20(27-3)22(29-5)21(13-17)28-4/h6-9,12-15H,10-11H2,1-5H3,(H,24,26)/t15-/m1/s1. The van der Waals surface area contributed by atoms with Crippen LogP contribution in [0.2, 0.25) is 0 Å². The summed E-state index contributed by atoms with van der Waals surface area (Å²) in [4.78, 5) is 12.8. The molecule has 1 amide bonds. The molecule has 6 heteroatoms. The Hall–Kier alpha value is -3.15. The Kier molecular flexibility index (Phi) is 6.32. The molecule has 0 aliphatic rings. The predicted octanol–water partition coefficient (Wildman–Crippen LogP) is 3.96. The molecule has 154 valence electrons. The fraction of sp³-hybridized carbons (Fsp3) is 0.348. The third-order valence-corrected chi connectivity index (χ3v) is 5.13. The van der Waals surface area contributed by atoms with Crippen LogP contribution in [0.15, 0.2) is 42.6 Å². The minimum atomic E-state index is -0.172. The number of carbonyl (C=O) groups is 1. The molecule has 1 N–H and O–H groups in total. The van der Waals surface area contributed by atoms with Gasteiger partial charge in [-0.15, -0.1) is 0 Å². The van der Waals surface area contributed by atoms with E-state index in [1.807, 2.05) is 13.0 Å². The number of nitrogens with zero attached hydrogens (tertiary/aromatic N) is 1. The number of aromatic nitrogens is 1. The summed E-state index contributed by atoms with van der Waals surface area (Å²) in [6.45, 7) is 2.01. The number of nitrogens with one attached hydrogen (secondary N) is 1. The van der Waals surface area contributed by atoms with Crippen LogP contribution in [0.4, 0.5) is 0 Å². The summed E-state index contributed by atoms with van der Waals surface area (Å²) in [6.07, 6.45) is 3.89. The zero-order valence-electron chi connectivity index (χ0n) is 17.6. The van der Waals surface area contributed by atoms with Gasteiger partial charge in [0.25, 0.3) is 5.91 Å². The van der Waals surface area contributed by atoms with Crippen molar-refractivity contribution < 1.29 is 19.0 Å². The number of rotatable bonds is 8. The van der Waals surface area contributed by atoms with Crippen molar-refractivity contribution in [1.82, 2.24) is 9.88 Å². The first kappa shape index (κ1) is 20.6. The molecule has 3 rings (SSSR count). The lowest BCUT2D eigenvalue weighted by Gasteiger charge is -2.16. The van der Waals surface area contributed by atoms with E-state index in [2.05, 4.69) is 41.3 Å². The molecule has 1 heterocycles. The van der Waals surface area contributed by atoms with Crippen LogP contribution in [0.5, 0.6) is 17.2 Å². The van der Waals surface area contributed by atoms with Crippen LogP contribution in [0.25, 0.3) is 10.9 Å². The van der Waals surface area contributed by atoms with Crippen LogP contribution in [0.1, 0.15) is 29.3 Å². The second-order valence-electron chi connectivity index (χ2n) is 7.11. The maximum atomic E-state index is 12.8. The van der Waals surface area contributed by atoms with E-state index in [0.717, 1.165) is 12.8 Å². The van der Waals surface area contributed by atoms with E-state index in [0.29, 0.717) is 22.8 Å². The summed E-state index contributed by atoms with van der Waals surface area (Å²) in [5.41, 5.74) is 2.98. The van der Waals surface area contributed by atoms with Crippen molar-refractivity contribution in [3.63, 3.8) is 0 Å². The lowest BCUT2D eigenvalue weighted by Crippen LogP contribution is -2.32. The molecule has 0 bridgehead atoms. The normalized spacial score (nSPS) is 11.9. The van der Waals surface area contributed by atoms with Crippen LogP contribution in [0.3, 0.4) is 0 Å². The fourth-order valence-electron chi connectivity index (χ4n) is 3.59. The number of ether oxygens (including phenoxy) is 3. The van der Waals surface area contributed by atoms with Gasteiger partial charge >= 0.3 is 0 Å². The molecule has 2 aromatic carbocycles. The van der Waals surface area contributed by atoms with Gasteiger partial charge in [0.2, 0.25) is 5.75 Å². The van der Waals surface area contributed by atoms with E-state index in [9.17, 15) is 4.79 Å². The Morgan fingerprint density at radius 1 is 1.07 bits per heavy atom. The monoisotopic (exact) mass is 396 g/mol. The van der Waals surface area contributed by atoms with Crippen molar-refractivity contribution in [3.8, 4) is 17.2 Å². The number of fused-ring (bicyclic) bond motifs is 1. The zero-order chi connectivity index (χ0) is 21.0. The van der Waals surface area contributed by atoms with Gasteiger partial charge in [-0.25, -0.2) is 0 Å². The molecule has 6 nitrogen and oxygen atoms in total. The van der Waals surface area contributed by atoms with Crippen molar-refractivity contribution >= 4 is 16.8 Å². The van der Waals surface area contributed by atoms with Crippen LogP contribution >= 0.6 is 0 Å². The van der Waals surface area contributed by atoms with E-state index in [1.165, 1.54) is 37.8 Å². The number of benzene rings is 2. The quantitative estimate of drug-likeness (QED) is 0.626. The summed E-state index contributed by atoms with van der Waals surface area (Å²) in [5.74, 6) is 1.21. The number of carbonyl (C=O) groups excluding carboxylic acids is 1. The molecule has 29 heavy (non-hydrogen) atoms. The van der Waals surface area contributed by atoms with E-state index >= 15 is 0 Å². The molecular weight excluding hydrogens is 368 g/mol. The highest BCUT2D eigenvalue weighted by molar-refractivity contribution is 5.95. The van der Waals surface area contributed by atoms with Gasteiger partial charge in [0, 0.05) is 35.8 Å². The lowest BCUT2D eigenvalue weighted by molar-refractivity contribution is 0.0937. The highest BCUT2D eigenvalue weighted by Gasteiger charge is 2.18. The van der Waals surface area contributed by atoms with Crippen molar-refractivity contribution in [2.45, 2.75) is 25.8 Å².